The molecule has 116 valence electrons. The third kappa shape index (κ3) is 3.34. The molecule has 1 aromatic rings. The topological polar surface area (TPSA) is 12.0 Å². The van der Waals surface area contributed by atoms with Gasteiger partial charge in [-0.2, -0.15) is 0 Å². The lowest BCUT2D eigenvalue weighted by molar-refractivity contribution is 0.266. The van der Waals surface area contributed by atoms with E-state index in [9.17, 15) is 0 Å². The quantitative estimate of drug-likeness (QED) is 0.737. The maximum absolute atomic E-state index is 3.76. The van der Waals surface area contributed by atoms with Crippen molar-refractivity contribution in [3.63, 3.8) is 0 Å². The highest BCUT2D eigenvalue weighted by Crippen LogP contribution is 2.44. The number of aryl methyl sites for hydroxylation is 1. The molecule has 1 atom stereocenters. The second-order valence-corrected chi connectivity index (χ2v) is 7.32. The van der Waals surface area contributed by atoms with Crippen molar-refractivity contribution in [1.29, 1.82) is 0 Å². The molecule has 1 saturated carbocycles. The van der Waals surface area contributed by atoms with Gasteiger partial charge < -0.3 is 5.32 Å². The van der Waals surface area contributed by atoms with E-state index in [0.29, 0.717) is 5.41 Å². The van der Waals surface area contributed by atoms with E-state index in [1.807, 2.05) is 0 Å². The fourth-order valence-corrected chi connectivity index (χ4v) is 4.75. The summed E-state index contributed by atoms with van der Waals surface area (Å²) in [5.74, 6) is 0.972. The van der Waals surface area contributed by atoms with E-state index in [-0.39, 0.29) is 0 Å². The van der Waals surface area contributed by atoms with Crippen LogP contribution in [-0.2, 0) is 11.8 Å². The van der Waals surface area contributed by atoms with Crippen molar-refractivity contribution in [3.05, 3.63) is 35.4 Å². The molecular formula is C20H31N. The average molecular weight is 285 g/mol. The molecule has 0 heterocycles. The van der Waals surface area contributed by atoms with Crippen LogP contribution in [0.25, 0.3) is 0 Å². The predicted octanol–water partition coefficient (Wildman–Crippen LogP) is 4.84. The molecule has 0 amide bonds. The summed E-state index contributed by atoms with van der Waals surface area (Å²) in [6.07, 6.45) is 12.6. The molecule has 3 rings (SSSR count). The Morgan fingerprint density at radius 2 is 1.95 bits per heavy atom. The minimum atomic E-state index is 0.416. The van der Waals surface area contributed by atoms with Crippen LogP contribution in [-0.4, -0.2) is 13.1 Å². The van der Waals surface area contributed by atoms with Gasteiger partial charge in [-0.05, 0) is 55.7 Å². The second-order valence-electron chi connectivity index (χ2n) is 7.32. The molecular weight excluding hydrogens is 254 g/mol. The van der Waals surface area contributed by atoms with Crippen LogP contribution in [0.15, 0.2) is 24.3 Å². The molecule has 0 radical (unpaired) electrons. The van der Waals surface area contributed by atoms with Gasteiger partial charge in [0.25, 0.3) is 0 Å². The Kier molecular flexibility index (Phi) is 5.00. The Balaban J connectivity index is 1.84. The van der Waals surface area contributed by atoms with Gasteiger partial charge in [-0.25, -0.2) is 0 Å². The summed E-state index contributed by atoms with van der Waals surface area (Å²) < 4.78 is 0. The molecule has 2 aliphatic rings. The maximum Gasteiger partial charge on any atom is 0.00832 e. The lowest BCUT2D eigenvalue weighted by atomic mass is 9.65. The van der Waals surface area contributed by atoms with Gasteiger partial charge in [-0.1, -0.05) is 56.9 Å². The third-order valence-corrected chi connectivity index (χ3v) is 5.73. The van der Waals surface area contributed by atoms with E-state index in [4.69, 9.17) is 0 Å². The van der Waals surface area contributed by atoms with Crippen molar-refractivity contribution in [2.45, 2.75) is 70.1 Å². The highest BCUT2D eigenvalue weighted by atomic mass is 14.9. The van der Waals surface area contributed by atoms with Crippen molar-refractivity contribution in [2.24, 2.45) is 5.92 Å². The molecule has 0 bridgehead atoms. The first-order chi connectivity index (χ1) is 10.3. The van der Waals surface area contributed by atoms with Gasteiger partial charge in [-0.15, -0.1) is 0 Å². The van der Waals surface area contributed by atoms with E-state index in [0.717, 1.165) is 12.5 Å². The molecule has 21 heavy (non-hydrogen) atoms. The summed E-state index contributed by atoms with van der Waals surface area (Å²) in [6, 6.07) is 9.28. The van der Waals surface area contributed by atoms with Crippen LogP contribution < -0.4 is 5.32 Å². The monoisotopic (exact) mass is 285 g/mol. The summed E-state index contributed by atoms with van der Waals surface area (Å²) in [5.41, 5.74) is 3.71. The lowest BCUT2D eigenvalue weighted by Crippen LogP contribution is -2.42. The smallest absolute Gasteiger partial charge is 0.00832 e. The fourth-order valence-electron chi connectivity index (χ4n) is 4.75. The number of benzene rings is 1. The van der Waals surface area contributed by atoms with Crippen molar-refractivity contribution in [3.8, 4) is 0 Å². The Hall–Kier alpha value is -0.820. The maximum atomic E-state index is 3.76. The zero-order valence-corrected chi connectivity index (χ0v) is 13.7. The van der Waals surface area contributed by atoms with Gasteiger partial charge in [0.1, 0.15) is 0 Å². The van der Waals surface area contributed by atoms with Crippen LogP contribution in [0.3, 0.4) is 0 Å². The molecule has 1 aromatic carbocycles. The minimum absolute atomic E-state index is 0.416. The van der Waals surface area contributed by atoms with Gasteiger partial charge in [0.05, 0.1) is 0 Å². The van der Waals surface area contributed by atoms with Crippen LogP contribution in [0.4, 0.5) is 0 Å². The molecule has 1 heteroatoms. The molecule has 1 nitrogen and oxygen atoms in total. The molecule has 0 aromatic heterocycles. The summed E-state index contributed by atoms with van der Waals surface area (Å²) >= 11 is 0. The molecule has 0 saturated heterocycles. The fraction of sp³-hybridized carbons (Fsp3) is 0.700. The van der Waals surface area contributed by atoms with Crippen LogP contribution in [0, 0.1) is 5.92 Å². The second kappa shape index (κ2) is 6.96. The molecule has 1 N–H and O–H groups in total. The van der Waals surface area contributed by atoms with Crippen molar-refractivity contribution >= 4 is 0 Å². The first-order valence-electron chi connectivity index (χ1n) is 9.13. The van der Waals surface area contributed by atoms with E-state index >= 15 is 0 Å². The van der Waals surface area contributed by atoms with Crippen LogP contribution in [0.2, 0.25) is 0 Å². The molecule has 2 aliphatic carbocycles. The van der Waals surface area contributed by atoms with Gasteiger partial charge >= 0.3 is 0 Å². The Morgan fingerprint density at radius 3 is 2.76 bits per heavy atom. The largest absolute Gasteiger partial charge is 0.316 e. The van der Waals surface area contributed by atoms with Crippen LogP contribution in [0.1, 0.15) is 69.4 Å². The highest BCUT2D eigenvalue weighted by Gasteiger charge is 2.38. The Labute approximate surface area is 130 Å². The van der Waals surface area contributed by atoms with E-state index < -0.39 is 0 Å². The summed E-state index contributed by atoms with van der Waals surface area (Å²) in [5, 5.41) is 3.76. The first kappa shape index (κ1) is 15.1. The molecule has 0 spiro atoms. The SMILES string of the molecule is CCCNCC1(CC2CCCC2)CCCc2ccccc21. The Bertz CT molecular complexity index is 447. The molecule has 1 unspecified atom stereocenters. The average Bonchev–Trinajstić information content (AvgIpc) is 3.01. The number of hydrogen-bond donors (Lipinski definition) is 1. The van der Waals surface area contributed by atoms with Crippen molar-refractivity contribution in [2.75, 3.05) is 13.1 Å². The summed E-state index contributed by atoms with van der Waals surface area (Å²) in [4.78, 5) is 0. The van der Waals surface area contributed by atoms with E-state index in [2.05, 4.69) is 36.5 Å². The van der Waals surface area contributed by atoms with Gasteiger partial charge in [0.15, 0.2) is 0 Å². The number of hydrogen-bond acceptors (Lipinski definition) is 1. The number of fused-ring (bicyclic) bond motifs is 1. The standard InChI is InChI=1S/C20H31N/c1-2-14-21-16-20(15-17-8-3-4-9-17)13-7-11-18-10-5-6-12-19(18)20/h5-6,10,12,17,21H,2-4,7-9,11,13-16H2,1H3. The molecule has 1 fully saturated rings. The summed E-state index contributed by atoms with van der Waals surface area (Å²) in [7, 11) is 0. The van der Waals surface area contributed by atoms with Crippen molar-refractivity contribution < 1.29 is 0 Å². The highest BCUT2D eigenvalue weighted by molar-refractivity contribution is 5.37. The summed E-state index contributed by atoms with van der Waals surface area (Å²) in [6.45, 7) is 4.62. The van der Waals surface area contributed by atoms with E-state index in [1.54, 1.807) is 11.1 Å². The zero-order valence-electron chi connectivity index (χ0n) is 13.7. The third-order valence-electron chi connectivity index (χ3n) is 5.73. The van der Waals surface area contributed by atoms with E-state index in [1.165, 1.54) is 64.3 Å². The van der Waals surface area contributed by atoms with Gasteiger partial charge in [-0.3, -0.25) is 0 Å². The zero-order chi connectivity index (χ0) is 14.5. The predicted molar refractivity (Wildman–Crippen MR) is 90.8 cm³/mol. The lowest BCUT2D eigenvalue weighted by Gasteiger charge is -2.41. The van der Waals surface area contributed by atoms with Crippen LogP contribution in [0.5, 0.6) is 0 Å². The number of rotatable bonds is 6. The normalized spacial score (nSPS) is 26.0. The molecule has 0 aliphatic heterocycles. The van der Waals surface area contributed by atoms with Gasteiger partial charge in [0.2, 0.25) is 0 Å². The first-order valence-corrected chi connectivity index (χ1v) is 9.13. The Morgan fingerprint density at radius 1 is 1.14 bits per heavy atom. The van der Waals surface area contributed by atoms with Crippen LogP contribution >= 0.6 is 0 Å². The van der Waals surface area contributed by atoms with Crippen molar-refractivity contribution in [1.82, 2.24) is 5.32 Å². The number of nitrogens with one attached hydrogen (secondary N) is 1. The van der Waals surface area contributed by atoms with Gasteiger partial charge in [0, 0.05) is 12.0 Å². The minimum Gasteiger partial charge on any atom is -0.316 e.